The van der Waals surface area contributed by atoms with Crippen molar-refractivity contribution >= 4 is 38.9 Å². The molecule has 2 aliphatic rings. The minimum absolute atomic E-state index is 0.104. The third-order valence-electron chi connectivity index (χ3n) is 6.16. The molecule has 1 unspecified atom stereocenters. The van der Waals surface area contributed by atoms with Gasteiger partial charge in [0, 0.05) is 36.9 Å². The standard InChI is InChI=1S/C23H21BrF3N5O2S/c24-20-11-19(23(25,26)27)29-32(20)12-21(33)31-8-6-15(7-9-31)22-28-17(13-35-22)16-10-18(34-30-16)14-4-2-1-3-5-14/h1-5,11,13,15,18H,6-10,12H2. The fourth-order valence-electron chi connectivity index (χ4n) is 4.23. The molecular weight excluding hydrogens is 547 g/mol. The van der Waals surface area contributed by atoms with Gasteiger partial charge in [-0.05, 0) is 34.3 Å². The lowest BCUT2D eigenvalue weighted by Crippen LogP contribution is -2.40. The van der Waals surface area contributed by atoms with Crippen LogP contribution in [0.25, 0.3) is 0 Å². The second kappa shape index (κ2) is 9.73. The van der Waals surface area contributed by atoms with Crippen LogP contribution in [0.2, 0.25) is 0 Å². The summed E-state index contributed by atoms with van der Waals surface area (Å²) < 4.78 is 39.8. The smallest absolute Gasteiger partial charge is 0.387 e. The van der Waals surface area contributed by atoms with E-state index in [1.807, 2.05) is 35.7 Å². The van der Waals surface area contributed by atoms with E-state index in [0.717, 1.165) is 45.6 Å². The van der Waals surface area contributed by atoms with Crippen molar-refractivity contribution in [1.29, 1.82) is 0 Å². The molecule has 1 fully saturated rings. The Balaban J connectivity index is 1.15. The fourth-order valence-corrected chi connectivity index (χ4v) is 5.65. The number of rotatable bonds is 5. The van der Waals surface area contributed by atoms with E-state index in [-0.39, 0.29) is 29.1 Å². The molecule has 0 aliphatic carbocycles. The maximum Gasteiger partial charge on any atom is 0.435 e. The van der Waals surface area contributed by atoms with Gasteiger partial charge in [0.1, 0.15) is 16.9 Å². The van der Waals surface area contributed by atoms with E-state index in [1.165, 1.54) is 0 Å². The summed E-state index contributed by atoms with van der Waals surface area (Å²) in [5.41, 5.74) is 1.71. The number of piperidine rings is 1. The average Bonchev–Trinajstić information content (AvgIpc) is 3.60. The quantitative estimate of drug-likeness (QED) is 0.414. The predicted molar refractivity (Wildman–Crippen MR) is 127 cm³/mol. The number of oxime groups is 1. The van der Waals surface area contributed by atoms with Crippen molar-refractivity contribution in [2.45, 2.75) is 44.0 Å². The van der Waals surface area contributed by atoms with Crippen LogP contribution in [-0.2, 0) is 22.4 Å². The first kappa shape index (κ1) is 24.0. The highest BCUT2D eigenvalue weighted by Gasteiger charge is 2.35. The molecule has 5 rings (SSSR count). The molecule has 35 heavy (non-hydrogen) atoms. The first-order valence-corrected chi connectivity index (χ1v) is 12.8. The number of nitrogens with zero attached hydrogens (tertiary/aromatic N) is 5. The number of likely N-dealkylation sites (tertiary alicyclic amines) is 1. The van der Waals surface area contributed by atoms with Crippen LogP contribution in [0.1, 0.15) is 53.2 Å². The molecule has 1 amide bonds. The number of hydrogen-bond acceptors (Lipinski definition) is 6. The number of halogens is 4. The minimum atomic E-state index is -4.56. The molecule has 0 bridgehead atoms. The SMILES string of the molecule is O=C(Cn1nc(C(F)(F)F)cc1Br)N1CCC(c2nc(C3=NOC(c4ccccc4)C3)cs2)CC1. The first-order chi connectivity index (χ1) is 16.8. The van der Waals surface area contributed by atoms with E-state index in [2.05, 4.69) is 26.2 Å². The molecule has 184 valence electrons. The lowest BCUT2D eigenvalue weighted by molar-refractivity contribution is -0.142. The lowest BCUT2D eigenvalue weighted by Gasteiger charge is -2.31. The first-order valence-electron chi connectivity index (χ1n) is 11.1. The summed E-state index contributed by atoms with van der Waals surface area (Å²) in [6.07, 6.45) is -2.52. The highest BCUT2D eigenvalue weighted by molar-refractivity contribution is 9.10. The Morgan fingerprint density at radius 1 is 1.20 bits per heavy atom. The number of carbonyl (C=O) groups is 1. The molecular formula is C23H21BrF3N5O2S. The molecule has 12 heteroatoms. The molecule has 1 saturated heterocycles. The summed E-state index contributed by atoms with van der Waals surface area (Å²) in [4.78, 5) is 24.8. The fraction of sp³-hybridized carbons (Fsp3) is 0.391. The van der Waals surface area contributed by atoms with Crippen LogP contribution in [0.4, 0.5) is 13.2 Å². The van der Waals surface area contributed by atoms with Gasteiger partial charge in [0.05, 0.1) is 10.7 Å². The molecule has 2 aromatic heterocycles. The van der Waals surface area contributed by atoms with Crippen LogP contribution in [0.3, 0.4) is 0 Å². The van der Waals surface area contributed by atoms with Gasteiger partial charge in [-0.25, -0.2) is 9.67 Å². The van der Waals surface area contributed by atoms with Crippen LogP contribution < -0.4 is 0 Å². The second-order valence-corrected chi connectivity index (χ2v) is 10.2. The van der Waals surface area contributed by atoms with Crippen LogP contribution in [0, 0.1) is 0 Å². The van der Waals surface area contributed by atoms with E-state index in [9.17, 15) is 18.0 Å². The van der Waals surface area contributed by atoms with Crippen molar-refractivity contribution < 1.29 is 22.8 Å². The number of alkyl halides is 3. The highest BCUT2D eigenvalue weighted by Crippen LogP contribution is 2.34. The summed E-state index contributed by atoms with van der Waals surface area (Å²) in [6, 6.07) is 10.8. The van der Waals surface area contributed by atoms with Gasteiger partial charge < -0.3 is 9.74 Å². The molecule has 3 aromatic rings. The van der Waals surface area contributed by atoms with Crippen LogP contribution in [0.5, 0.6) is 0 Å². The summed E-state index contributed by atoms with van der Waals surface area (Å²) >= 11 is 4.63. The Hall–Kier alpha value is -2.73. The number of thiazole rings is 1. The predicted octanol–water partition coefficient (Wildman–Crippen LogP) is 5.39. The van der Waals surface area contributed by atoms with E-state index in [0.29, 0.717) is 19.5 Å². The number of amides is 1. The van der Waals surface area contributed by atoms with Crippen LogP contribution >= 0.6 is 27.3 Å². The van der Waals surface area contributed by atoms with Crippen molar-refractivity contribution in [3.63, 3.8) is 0 Å². The Morgan fingerprint density at radius 2 is 1.94 bits per heavy atom. The third-order valence-corrected chi connectivity index (χ3v) is 7.81. The zero-order valence-electron chi connectivity index (χ0n) is 18.4. The lowest BCUT2D eigenvalue weighted by atomic mass is 9.97. The maximum absolute atomic E-state index is 12.9. The van der Waals surface area contributed by atoms with Crippen LogP contribution in [-0.4, -0.2) is 44.4 Å². The Bertz CT molecular complexity index is 1240. The molecule has 0 N–H and O–H groups in total. The monoisotopic (exact) mass is 567 g/mol. The number of benzene rings is 1. The Kier molecular flexibility index (Phi) is 6.67. The molecule has 1 atom stereocenters. The van der Waals surface area contributed by atoms with Gasteiger partial charge in [0.15, 0.2) is 11.8 Å². The Morgan fingerprint density at radius 3 is 2.63 bits per heavy atom. The van der Waals surface area contributed by atoms with Crippen molar-refractivity contribution in [3.05, 3.63) is 68.3 Å². The maximum atomic E-state index is 12.9. The van der Waals surface area contributed by atoms with E-state index in [4.69, 9.17) is 9.82 Å². The molecule has 2 aliphatic heterocycles. The van der Waals surface area contributed by atoms with Gasteiger partial charge in [0.25, 0.3) is 0 Å². The van der Waals surface area contributed by atoms with Gasteiger partial charge in [-0.15, -0.1) is 11.3 Å². The topological polar surface area (TPSA) is 72.6 Å². The van der Waals surface area contributed by atoms with E-state index in [1.54, 1.807) is 16.2 Å². The largest absolute Gasteiger partial charge is 0.435 e. The van der Waals surface area contributed by atoms with Crippen molar-refractivity contribution in [2.75, 3.05) is 13.1 Å². The molecule has 0 radical (unpaired) electrons. The normalized spacial score (nSPS) is 19.0. The summed E-state index contributed by atoms with van der Waals surface area (Å²) in [7, 11) is 0. The number of aromatic nitrogens is 3. The van der Waals surface area contributed by atoms with Gasteiger partial charge in [0.2, 0.25) is 5.91 Å². The van der Waals surface area contributed by atoms with Crippen molar-refractivity contribution in [1.82, 2.24) is 19.7 Å². The van der Waals surface area contributed by atoms with Gasteiger partial charge in [-0.1, -0.05) is 35.5 Å². The summed E-state index contributed by atoms with van der Waals surface area (Å²) in [5, 5.41) is 10.8. The van der Waals surface area contributed by atoms with Crippen molar-refractivity contribution in [3.8, 4) is 0 Å². The Labute approximate surface area is 211 Å². The van der Waals surface area contributed by atoms with E-state index < -0.39 is 11.9 Å². The molecule has 0 spiro atoms. The van der Waals surface area contributed by atoms with Gasteiger partial charge in [-0.2, -0.15) is 18.3 Å². The molecule has 4 heterocycles. The number of carbonyl (C=O) groups excluding carboxylic acids is 1. The number of hydrogen-bond donors (Lipinski definition) is 0. The molecule has 1 aromatic carbocycles. The minimum Gasteiger partial charge on any atom is -0.387 e. The summed E-state index contributed by atoms with van der Waals surface area (Å²) in [5.74, 6) is -0.0378. The van der Waals surface area contributed by atoms with Gasteiger partial charge >= 0.3 is 6.18 Å². The third kappa shape index (κ3) is 5.27. The highest BCUT2D eigenvalue weighted by atomic mass is 79.9. The second-order valence-electron chi connectivity index (χ2n) is 8.48. The zero-order valence-corrected chi connectivity index (χ0v) is 20.8. The zero-order chi connectivity index (χ0) is 24.6. The molecule has 0 saturated carbocycles. The summed E-state index contributed by atoms with van der Waals surface area (Å²) in [6.45, 7) is 0.790. The van der Waals surface area contributed by atoms with Gasteiger partial charge in [-0.3, -0.25) is 4.79 Å². The van der Waals surface area contributed by atoms with Crippen molar-refractivity contribution in [2.24, 2.45) is 5.16 Å². The van der Waals surface area contributed by atoms with Crippen LogP contribution in [0.15, 0.2) is 51.5 Å². The van der Waals surface area contributed by atoms with E-state index >= 15 is 0 Å². The average molecular weight is 568 g/mol. The molecule has 7 nitrogen and oxygen atoms in total.